The maximum atomic E-state index is 13.7. The summed E-state index contributed by atoms with van der Waals surface area (Å²) in [6.45, 7) is 8.11. The van der Waals surface area contributed by atoms with Crippen molar-refractivity contribution in [3.63, 3.8) is 0 Å². The molecule has 172 valence electrons. The number of imidazole rings is 1. The molecular weight excluding hydrogens is 439 g/mol. The van der Waals surface area contributed by atoms with E-state index in [9.17, 15) is 4.39 Å². The van der Waals surface area contributed by atoms with Crippen molar-refractivity contribution in [3.8, 4) is 0 Å². The van der Waals surface area contributed by atoms with E-state index < -0.39 is 0 Å². The van der Waals surface area contributed by atoms with E-state index in [1.165, 1.54) is 22.6 Å². The fraction of sp³-hybridized carbons (Fsp3) is 0.375. The average Bonchev–Trinajstić information content (AvgIpc) is 3.36. The molecule has 0 unspecified atom stereocenters. The van der Waals surface area contributed by atoms with Crippen LogP contribution in [0.5, 0.6) is 0 Å². The zero-order valence-electron chi connectivity index (χ0n) is 19.0. The summed E-state index contributed by atoms with van der Waals surface area (Å²) >= 11 is 1.69. The van der Waals surface area contributed by atoms with E-state index in [2.05, 4.69) is 29.0 Å². The van der Waals surface area contributed by atoms with E-state index in [-0.39, 0.29) is 11.9 Å². The summed E-state index contributed by atoms with van der Waals surface area (Å²) in [5, 5.41) is 4.67. The Morgan fingerprint density at radius 2 is 1.91 bits per heavy atom. The molecule has 5 rings (SSSR count). The second-order valence-corrected chi connectivity index (χ2v) is 9.57. The van der Waals surface area contributed by atoms with Crippen molar-refractivity contribution < 1.29 is 9.13 Å². The van der Waals surface area contributed by atoms with Crippen LogP contribution in [0.25, 0.3) is 10.2 Å². The van der Waals surface area contributed by atoms with Crippen LogP contribution in [0.2, 0.25) is 0 Å². The number of ether oxygens (including phenoxy) is 1. The standard InChI is InChI=1S/C24H27FN6OS/c1-15-16(2)33-24-20(15)22(27-19(28-24)14-31-10-12-32-13-11-31)29-21(23-26-8-9-30(23)3)17-4-6-18(25)7-5-17/h4-9,21H,10-14H2,1-3H3,(H,27,28,29)/t21-/m0/s1. The van der Waals surface area contributed by atoms with Crippen LogP contribution in [0.1, 0.15) is 33.7 Å². The first-order valence-corrected chi connectivity index (χ1v) is 11.9. The van der Waals surface area contributed by atoms with Gasteiger partial charge < -0.3 is 14.6 Å². The Kier molecular flexibility index (Phi) is 6.09. The lowest BCUT2D eigenvalue weighted by Gasteiger charge is -2.26. The number of nitrogens with one attached hydrogen (secondary N) is 1. The van der Waals surface area contributed by atoms with Crippen molar-refractivity contribution in [1.82, 2.24) is 24.4 Å². The number of aryl methyl sites for hydroxylation is 3. The van der Waals surface area contributed by atoms with E-state index in [1.807, 2.05) is 17.8 Å². The minimum atomic E-state index is -0.292. The predicted octanol–water partition coefficient (Wildman–Crippen LogP) is 4.21. The maximum Gasteiger partial charge on any atom is 0.146 e. The number of rotatable bonds is 6. The van der Waals surface area contributed by atoms with Gasteiger partial charge in [-0.1, -0.05) is 12.1 Å². The second-order valence-electron chi connectivity index (χ2n) is 8.37. The molecule has 1 saturated heterocycles. The van der Waals surface area contributed by atoms with E-state index in [1.54, 1.807) is 29.7 Å². The molecule has 1 N–H and O–H groups in total. The van der Waals surface area contributed by atoms with Crippen LogP contribution in [0.15, 0.2) is 36.7 Å². The van der Waals surface area contributed by atoms with Gasteiger partial charge in [0.15, 0.2) is 0 Å². The Morgan fingerprint density at radius 1 is 1.15 bits per heavy atom. The molecule has 1 aliphatic heterocycles. The summed E-state index contributed by atoms with van der Waals surface area (Å²) in [6, 6.07) is 6.25. The molecule has 3 aromatic heterocycles. The molecule has 0 saturated carbocycles. The number of aromatic nitrogens is 4. The van der Waals surface area contributed by atoms with Crippen molar-refractivity contribution in [3.05, 3.63) is 70.1 Å². The Labute approximate surface area is 196 Å². The minimum absolute atomic E-state index is 0.265. The van der Waals surface area contributed by atoms with Crippen molar-refractivity contribution in [2.45, 2.75) is 26.4 Å². The van der Waals surface area contributed by atoms with Gasteiger partial charge in [0, 0.05) is 37.4 Å². The van der Waals surface area contributed by atoms with Gasteiger partial charge in [-0.3, -0.25) is 4.90 Å². The fourth-order valence-electron chi connectivity index (χ4n) is 4.17. The summed E-state index contributed by atoms with van der Waals surface area (Å²) in [6.07, 6.45) is 3.68. The van der Waals surface area contributed by atoms with Crippen LogP contribution in [0, 0.1) is 19.7 Å². The highest BCUT2D eigenvalue weighted by atomic mass is 32.1. The Bertz CT molecular complexity index is 1260. The number of benzene rings is 1. The van der Waals surface area contributed by atoms with Gasteiger partial charge in [0.25, 0.3) is 0 Å². The highest BCUT2D eigenvalue weighted by Gasteiger charge is 2.23. The lowest BCUT2D eigenvalue weighted by molar-refractivity contribution is 0.0331. The van der Waals surface area contributed by atoms with Gasteiger partial charge in [-0.05, 0) is 37.1 Å². The first kappa shape index (κ1) is 21.9. The zero-order chi connectivity index (χ0) is 22.9. The maximum absolute atomic E-state index is 13.7. The molecule has 0 bridgehead atoms. The Hall–Kier alpha value is -2.88. The van der Waals surface area contributed by atoms with Crippen molar-refractivity contribution in [2.75, 3.05) is 31.6 Å². The molecule has 0 radical (unpaired) electrons. The molecule has 7 nitrogen and oxygen atoms in total. The molecular formula is C24H27FN6OS. The summed E-state index contributed by atoms with van der Waals surface area (Å²) < 4.78 is 21.1. The molecule has 1 fully saturated rings. The molecule has 0 aliphatic carbocycles. The SMILES string of the molecule is Cc1sc2nc(CN3CCOCC3)nc(N[C@@H](c3ccc(F)cc3)c3nccn3C)c2c1C. The second kappa shape index (κ2) is 9.17. The smallest absolute Gasteiger partial charge is 0.146 e. The fourth-order valence-corrected chi connectivity index (χ4v) is 5.22. The number of fused-ring (bicyclic) bond motifs is 1. The average molecular weight is 467 g/mol. The van der Waals surface area contributed by atoms with Crippen molar-refractivity contribution >= 4 is 27.4 Å². The topological polar surface area (TPSA) is 68.1 Å². The number of anilines is 1. The van der Waals surface area contributed by atoms with E-state index in [0.29, 0.717) is 6.54 Å². The third kappa shape index (κ3) is 4.48. The van der Waals surface area contributed by atoms with Crippen LogP contribution in [0.4, 0.5) is 10.2 Å². The van der Waals surface area contributed by atoms with Gasteiger partial charge in [0.05, 0.1) is 25.1 Å². The molecule has 4 heterocycles. The first-order chi connectivity index (χ1) is 16.0. The Balaban J connectivity index is 1.58. The van der Waals surface area contributed by atoms with Crippen LogP contribution in [0.3, 0.4) is 0 Å². The monoisotopic (exact) mass is 466 g/mol. The van der Waals surface area contributed by atoms with Gasteiger partial charge in [0.2, 0.25) is 0 Å². The number of hydrogen-bond donors (Lipinski definition) is 1. The van der Waals surface area contributed by atoms with Crippen molar-refractivity contribution in [1.29, 1.82) is 0 Å². The number of halogens is 1. The van der Waals surface area contributed by atoms with Crippen LogP contribution < -0.4 is 5.32 Å². The summed E-state index contributed by atoms with van der Waals surface area (Å²) in [5.74, 6) is 2.12. The molecule has 1 atom stereocenters. The number of nitrogens with zero attached hydrogens (tertiary/aromatic N) is 5. The van der Waals surface area contributed by atoms with E-state index >= 15 is 0 Å². The third-order valence-electron chi connectivity index (χ3n) is 6.14. The highest BCUT2D eigenvalue weighted by molar-refractivity contribution is 7.18. The van der Waals surface area contributed by atoms with Crippen LogP contribution >= 0.6 is 11.3 Å². The lowest BCUT2D eigenvalue weighted by atomic mass is 10.1. The number of thiophene rings is 1. The van der Waals surface area contributed by atoms with Gasteiger partial charge in [0.1, 0.15) is 34.2 Å². The number of hydrogen-bond acceptors (Lipinski definition) is 7. The third-order valence-corrected chi connectivity index (χ3v) is 7.25. The lowest BCUT2D eigenvalue weighted by Crippen LogP contribution is -2.36. The molecule has 1 aliphatic rings. The highest BCUT2D eigenvalue weighted by Crippen LogP contribution is 2.36. The van der Waals surface area contributed by atoms with Gasteiger partial charge in [-0.25, -0.2) is 19.3 Å². The van der Waals surface area contributed by atoms with Crippen molar-refractivity contribution in [2.24, 2.45) is 7.05 Å². The quantitative estimate of drug-likeness (QED) is 0.459. The van der Waals surface area contributed by atoms with Gasteiger partial charge >= 0.3 is 0 Å². The summed E-state index contributed by atoms with van der Waals surface area (Å²) in [4.78, 5) is 19.0. The van der Waals surface area contributed by atoms with E-state index in [0.717, 1.165) is 59.6 Å². The normalized spacial score (nSPS) is 15.8. The molecule has 0 amide bonds. The number of morpholine rings is 1. The largest absolute Gasteiger partial charge is 0.379 e. The van der Waals surface area contributed by atoms with Crippen LogP contribution in [-0.2, 0) is 18.3 Å². The zero-order valence-corrected chi connectivity index (χ0v) is 19.8. The first-order valence-electron chi connectivity index (χ1n) is 11.1. The molecule has 1 aromatic carbocycles. The summed E-state index contributed by atoms with van der Waals surface area (Å²) in [7, 11) is 1.96. The minimum Gasteiger partial charge on any atom is -0.379 e. The summed E-state index contributed by atoms with van der Waals surface area (Å²) in [5.41, 5.74) is 2.09. The molecule has 33 heavy (non-hydrogen) atoms. The van der Waals surface area contributed by atoms with Gasteiger partial charge in [-0.15, -0.1) is 11.3 Å². The van der Waals surface area contributed by atoms with Gasteiger partial charge in [-0.2, -0.15) is 0 Å². The molecule has 0 spiro atoms. The molecule has 4 aromatic rings. The van der Waals surface area contributed by atoms with Crippen LogP contribution in [-0.4, -0.2) is 50.7 Å². The van der Waals surface area contributed by atoms with E-state index in [4.69, 9.17) is 14.7 Å². The predicted molar refractivity (Wildman–Crippen MR) is 128 cm³/mol. The molecule has 9 heteroatoms. The Morgan fingerprint density at radius 3 is 2.61 bits per heavy atom.